The maximum absolute atomic E-state index is 4.97. The van der Waals surface area contributed by atoms with E-state index in [1.807, 2.05) is 83.3 Å². The largest absolute Gasteiger partial charge is 0.307 e. The van der Waals surface area contributed by atoms with Crippen molar-refractivity contribution in [1.82, 2.24) is 24.1 Å². The second-order valence-electron chi connectivity index (χ2n) is 14.4. The van der Waals surface area contributed by atoms with Crippen LogP contribution in [0.1, 0.15) is 0 Å². The van der Waals surface area contributed by atoms with Crippen molar-refractivity contribution in [3.05, 3.63) is 188 Å². The van der Waals surface area contributed by atoms with Gasteiger partial charge < -0.3 is 4.57 Å². The van der Waals surface area contributed by atoms with Crippen molar-refractivity contribution in [2.24, 2.45) is 0 Å². The lowest BCUT2D eigenvalue weighted by Crippen LogP contribution is -1.99. The van der Waals surface area contributed by atoms with E-state index in [1.54, 1.807) is 11.3 Å². The van der Waals surface area contributed by atoms with Crippen molar-refractivity contribution in [2.75, 3.05) is 0 Å². The third-order valence-electron chi connectivity index (χ3n) is 10.9. The van der Waals surface area contributed by atoms with Crippen molar-refractivity contribution >= 4 is 77.6 Å². The van der Waals surface area contributed by atoms with Crippen molar-refractivity contribution in [3.8, 4) is 63.7 Å². The number of hydrogen-bond acceptors (Lipinski definition) is 6. The molecule has 6 aromatic carbocycles. The second-order valence-corrected chi connectivity index (χ2v) is 17.6. The number of benzene rings is 6. The second kappa shape index (κ2) is 13.9. The molecule has 0 amide bonds. The van der Waals surface area contributed by atoms with Gasteiger partial charge in [0.2, 0.25) is 0 Å². The first-order chi connectivity index (χ1) is 29.2. The fraction of sp³-hybridized carbons (Fsp3) is 0. The van der Waals surface area contributed by atoms with Gasteiger partial charge in [0, 0.05) is 57.9 Å². The minimum Gasteiger partial charge on any atom is -0.307 e. The number of fused-ring (bicyclic) bond motifs is 7. The van der Waals surface area contributed by atoms with Gasteiger partial charge in [0.05, 0.1) is 26.9 Å². The third-order valence-corrected chi connectivity index (χ3v) is 14.5. The molecular weight excluding hydrogens is 779 g/mol. The molecule has 0 bridgehead atoms. The Balaban J connectivity index is 0.951. The maximum atomic E-state index is 4.97. The van der Waals surface area contributed by atoms with Crippen molar-refractivity contribution in [3.63, 3.8) is 0 Å². The first kappa shape index (κ1) is 34.1. The van der Waals surface area contributed by atoms with Crippen LogP contribution in [0.25, 0.3) is 107 Å². The van der Waals surface area contributed by atoms with Gasteiger partial charge in [0.1, 0.15) is 5.00 Å². The number of para-hydroxylation sites is 3. The molecule has 0 aliphatic heterocycles. The predicted octanol–water partition coefficient (Wildman–Crippen LogP) is 14.6. The van der Waals surface area contributed by atoms with Gasteiger partial charge in [-0.25, -0.2) is 15.0 Å². The molecule has 0 radical (unpaired) electrons. The summed E-state index contributed by atoms with van der Waals surface area (Å²) in [7, 11) is 0. The van der Waals surface area contributed by atoms with Gasteiger partial charge in [-0.2, -0.15) is 0 Å². The molecule has 0 spiro atoms. The van der Waals surface area contributed by atoms with Crippen LogP contribution < -0.4 is 0 Å². The summed E-state index contributed by atoms with van der Waals surface area (Å²) in [6.45, 7) is 0. The molecule has 8 heteroatoms. The summed E-state index contributed by atoms with van der Waals surface area (Å²) in [5.74, 6) is 2.02. The third kappa shape index (κ3) is 5.67. The zero-order valence-electron chi connectivity index (χ0n) is 31.4. The molecule has 0 aliphatic carbocycles. The average Bonchev–Trinajstić information content (AvgIpc) is 4.16. The van der Waals surface area contributed by atoms with Crippen LogP contribution >= 0.6 is 34.0 Å². The molecule has 0 saturated carbocycles. The van der Waals surface area contributed by atoms with Crippen LogP contribution in [0.15, 0.2) is 188 Å². The van der Waals surface area contributed by atoms with E-state index < -0.39 is 0 Å². The first-order valence-corrected chi connectivity index (χ1v) is 21.9. The molecule has 0 unspecified atom stereocenters. The lowest BCUT2D eigenvalue weighted by Gasteiger charge is -2.11. The van der Waals surface area contributed by atoms with Crippen LogP contribution in [-0.4, -0.2) is 24.1 Å². The SMILES string of the molecule is c1ccc(-c2nc(-c3ccccc3)nc(-c3ccc(-c4ccc(-c5ccc(-n6c7ccccc7c7ccc8c9ccccc9n(-c9ccccc9)c8c76)s5)s4)s3)n2)cc1. The number of rotatable bonds is 7. The summed E-state index contributed by atoms with van der Waals surface area (Å²) >= 11 is 5.38. The van der Waals surface area contributed by atoms with Crippen LogP contribution in [0.2, 0.25) is 0 Å². The summed E-state index contributed by atoms with van der Waals surface area (Å²) < 4.78 is 4.93. The molecule has 0 atom stereocenters. The summed E-state index contributed by atoms with van der Waals surface area (Å²) in [6.07, 6.45) is 0. The van der Waals surface area contributed by atoms with E-state index in [-0.39, 0.29) is 0 Å². The smallest absolute Gasteiger partial charge is 0.174 e. The molecule has 6 heterocycles. The van der Waals surface area contributed by atoms with Gasteiger partial charge in [-0.05, 0) is 60.7 Å². The van der Waals surface area contributed by atoms with E-state index in [0.29, 0.717) is 17.5 Å². The quantitative estimate of drug-likeness (QED) is 0.161. The Bertz CT molecular complexity index is 3440. The fourth-order valence-corrected chi connectivity index (χ4v) is 11.4. The van der Waals surface area contributed by atoms with Gasteiger partial charge in [-0.1, -0.05) is 127 Å². The minimum absolute atomic E-state index is 0.668. The van der Waals surface area contributed by atoms with E-state index in [9.17, 15) is 0 Å². The Labute approximate surface area is 351 Å². The lowest BCUT2D eigenvalue weighted by atomic mass is 10.1. The van der Waals surface area contributed by atoms with E-state index in [2.05, 4.69) is 137 Å². The maximum Gasteiger partial charge on any atom is 0.174 e. The van der Waals surface area contributed by atoms with E-state index >= 15 is 0 Å². The molecule has 0 N–H and O–H groups in total. The Morgan fingerprint density at radius 3 is 1.32 bits per heavy atom. The Morgan fingerprint density at radius 2 is 0.729 bits per heavy atom. The zero-order valence-corrected chi connectivity index (χ0v) is 33.8. The molecule has 6 aromatic heterocycles. The number of hydrogen-bond donors (Lipinski definition) is 0. The molecule has 12 rings (SSSR count). The van der Waals surface area contributed by atoms with Gasteiger partial charge in [0.15, 0.2) is 17.5 Å². The van der Waals surface area contributed by atoms with E-state index in [1.165, 1.54) is 68.1 Å². The van der Waals surface area contributed by atoms with Crippen LogP contribution in [0.4, 0.5) is 0 Å². The van der Waals surface area contributed by atoms with Gasteiger partial charge >= 0.3 is 0 Å². The number of aromatic nitrogens is 5. The summed E-state index contributed by atoms with van der Waals surface area (Å²) in [6, 6.07) is 66.6. The number of nitrogens with zero attached hydrogens (tertiary/aromatic N) is 5. The van der Waals surface area contributed by atoms with E-state index in [0.717, 1.165) is 21.7 Å². The fourth-order valence-electron chi connectivity index (χ4n) is 8.27. The molecule has 278 valence electrons. The van der Waals surface area contributed by atoms with Crippen LogP contribution in [0, 0.1) is 0 Å². The van der Waals surface area contributed by atoms with Crippen molar-refractivity contribution < 1.29 is 0 Å². The molecular formula is C51H31N5S3. The highest BCUT2D eigenvalue weighted by Gasteiger charge is 2.22. The lowest BCUT2D eigenvalue weighted by molar-refractivity contribution is 1.08. The average molecular weight is 810 g/mol. The van der Waals surface area contributed by atoms with Crippen LogP contribution in [-0.2, 0) is 0 Å². The molecule has 59 heavy (non-hydrogen) atoms. The minimum atomic E-state index is 0.668. The van der Waals surface area contributed by atoms with Crippen LogP contribution in [0.5, 0.6) is 0 Å². The standard InChI is InChI=1S/C51H31N5S3/c1-4-14-32(15-5-1)49-52-50(33-16-6-2-7-17-33)54-51(53-49)45-29-28-42(58-45)41-26-27-43(57-41)44-30-31-46(59-44)56-40-23-13-11-21-36(40)38-25-24-37-35-20-10-12-22-39(35)55(47(37)48(38)56)34-18-8-3-9-19-34/h1-31H. The normalized spacial score (nSPS) is 11.7. The molecule has 0 aliphatic rings. The van der Waals surface area contributed by atoms with Gasteiger partial charge in [-0.15, -0.1) is 34.0 Å². The molecule has 5 nitrogen and oxygen atoms in total. The molecule has 0 saturated heterocycles. The van der Waals surface area contributed by atoms with Gasteiger partial charge in [0.25, 0.3) is 0 Å². The van der Waals surface area contributed by atoms with Crippen LogP contribution in [0.3, 0.4) is 0 Å². The zero-order chi connectivity index (χ0) is 38.9. The first-order valence-electron chi connectivity index (χ1n) is 19.4. The summed E-state index contributed by atoms with van der Waals surface area (Å²) in [4.78, 5) is 20.7. The van der Waals surface area contributed by atoms with Gasteiger partial charge in [-0.3, -0.25) is 4.57 Å². The topological polar surface area (TPSA) is 48.5 Å². The Hall–Kier alpha value is -6.97. The molecule has 0 fully saturated rings. The van der Waals surface area contributed by atoms with E-state index in [4.69, 9.17) is 15.0 Å². The highest BCUT2D eigenvalue weighted by Crippen LogP contribution is 2.46. The Morgan fingerprint density at radius 1 is 0.305 bits per heavy atom. The Kier molecular flexibility index (Phi) is 8.01. The summed E-state index contributed by atoms with van der Waals surface area (Å²) in [5, 5.41) is 6.19. The highest BCUT2D eigenvalue weighted by molar-refractivity contribution is 7.27. The predicted molar refractivity (Wildman–Crippen MR) is 249 cm³/mol. The summed E-state index contributed by atoms with van der Waals surface area (Å²) in [5.41, 5.74) is 7.94. The molecule has 12 aromatic rings. The van der Waals surface area contributed by atoms with Crippen molar-refractivity contribution in [1.29, 1.82) is 0 Å². The van der Waals surface area contributed by atoms with Crippen molar-refractivity contribution in [2.45, 2.75) is 0 Å². The highest BCUT2D eigenvalue weighted by atomic mass is 32.1. The number of thiophene rings is 3. The monoisotopic (exact) mass is 809 g/mol.